The largest absolute Gasteiger partial charge is 0.392 e. The molecule has 1 aliphatic heterocycles. The van der Waals surface area contributed by atoms with E-state index in [1.807, 2.05) is 0 Å². The second-order valence-electron chi connectivity index (χ2n) is 5.45. The molecule has 1 aliphatic rings. The summed E-state index contributed by atoms with van der Waals surface area (Å²) in [6.07, 6.45) is 1.12. The lowest BCUT2D eigenvalue weighted by Crippen LogP contribution is -2.41. The fourth-order valence-electron chi connectivity index (χ4n) is 1.60. The number of aliphatic hydroxyl groups excluding tert-OH is 1. The van der Waals surface area contributed by atoms with E-state index < -0.39 is 0 Å². The van der Waals surface area contributed by atoms with Crippen molar-refractivity contribution in [1.29, 1.82) is 0 Å². The summed E-state index contributed by atoms with van der Waals surface area (Å²) in [6.45, 7) is 7.68. The molecule has 1 fully saturated rings. The van der Waals surface area contributed by atoms with Crippen LogP contribution in [0.5, 0.6) is 0 Å². The van der Waals surface area contributed by atoms with Crippen molar-refractivity contribution in [3.05, 3.63) is 0 Å². The summed E-state index contributed by atoms with van der Waals surface area (Å²) in [5.74, 6) is 0.0100. The molecular weight excluding hydrogens is 228 g/mol. The number of nitrogens with one attached hydrogen (secondary N) is 2. The Morgan fingerprint density at radius 2 is 2.12 bits per heavy atom. The summed E-state index contributed by atoms with van der Waals surface area (Å²) in [5.41, 5.74) is 0.246. The molecule has 1 heterocycles. The van der Waals surface area contributed by atoms with Crippen molar-refractivity contribution in [2.24, 2.45) is 5.41 Å². The number of halogens is 1. The minimum Gasteiger partial charge on any atom is -0.392 e. The first kappa shape index (κ1) is 15.7. The third-order valence-electron chi connectivity index (χ3n) is 2.60. The molecule has 5 heteroatoms. The van der Waals surface area contributed by atoms with Gasteiger partial charge in [0.1, 0.15) is 0 Å². The predicted octanol–water partition coefficient (Wildman–Crippen LogP) is 0.683. The maximum atomic E-state index is 11.6. The lowest BCUT2D eigenvalue weighted by Gasteiger charge is -2.19. The smallest absolute Gasteiger partial charge is 0.237 e. The zero-order chi connectivity index (χ0) is 11.5. The summed E-state index contributed by atoms with van der Waals surface area (Å²) < 4.78 is 0. The summed E-state index contributed by atoms with van der Waals surface area (Å²) in [6, 6.07) is -0.208. The molecule has 0 aromatic heterocycles. The lowest BCUT2D eigenvalue weighted by molar-refractivity contribution is -0.123. The van der Waals surface area contributed by atoms with E-state index in [-0.39, 0.29) is 35.9 Å². The van der Waals surface area contributed by atoms with Crippen LogP contribution in [0.3, 0.4) is 0 Å². The number of hydrogen-bond donors (Lipinski definition) is 3. The fourth-order valence-corrected chi connectivity index (χ4v) is 1.60. The van der Waals surface area contributed by atoms with Gasteiger partial charge in [-0.2, -0.15) is 0 Å². The van der Waals surface area contributed by atoms with Crippen LogP contribution in [-0.2, 0) is 4.79 Å². The molecule has 0 aromatic carbocycles. The third kappa shape index (κ3) is 5.68. The van der Waals surface area contributed by atoms with Crippen LogP contribution in [0.2, 0.25) is 0 Å². The maximum absolute atomic E-state index is 11.6. The van der Waals surface area contributed by atoms with E-state index in [1.54, 1.807) is 0 Å². The van der Waals surface area contributed by atoms with Crippen LogP contribution in [0.15, 0.2) is 0 Å². The van der Waals surface area contributed by atoms with Gasteiger partial charge in [0.25, 0.3) is 0 Å². The van der Waals surface area contributed by atoms with Gasteiger partial charge >= 0.3 is 0 Å². The topological polar surface area (TPSA) is 61.4 Å². The minimum absolute atomic E-state index is 0. The SMILES string of the molecule is CC(C)(C)CCNC(=O)C1CC(O)CN1.Cl. The number of amides is 1. The molecular formula is C11H23ClN2O2. The highest BCUT2D eigenvalue weighted by molar-refractivity contribution is 5.85. The number of carbonyl (C=O) groups excluding carboxylic acids is 1. The quantitative estimate of drug-likeness (QED) is 0.691. The molecule has 96 valence electrons. The van der Waals surface area contributed by atoms with Crippen molar-refractivity contribution < 1.29 is 9.90 Å². The Morgan fingerprint density at radius 3 is 2.56 bits per heavy atom. The summed E-state index contributed by atoms with van der Waals surface area (Å²) >= 11 is 0. The van der Waals surface area contributed by atoms with Crippen molar-refractivity contribution in [3.63, 3.8) is 0 Å². The molecule has 0 saturated carbocycles. The van der Waals surface area contributed by atoms with Gasteiger partial charge in [-0.15, -0.1) is 12.4 Å². The Kier molecular flexibility index (Phi) is 6.30. The first-order valence-electron chi connectivity index (χ1n) is 5.58. The number of aliphatic hydroxyl groups is 1. The molecule has 0 bridgehead atoms. The molecule has 4 nitrogen and oxygen atoms in total. The van der Waals surface area contributed by atoms with Gasteiger partial charge in [0, 0.05) is 13.1 Å². The molecule has 1 rings (SSSR count). The van der Waals surface area contributed by atoms with Gasteiger partial charge in [0.2, 0.25) is 5.91 Å². The second-order valence-corrected chi connectivity index (χ2v) is 5.45. The molecule has 3 N–H and O–H groups in total. The fraction of sp³-hybridized carbons (Fsp3) is 0.909. The van der Waals surface area contributed by atoms with E-state index in [4.69, 9.17) is 0 Å². The molecule has 16 heavy (non-hydrogen) atoms. The van der Waals surface area contributed by atoms with Crippen LogP contribution in [0.1, 0.15) is 33.6 Å². The van der Waals surface area contributed by atoms with Gasteiger partial charge in [-0.1, -0.05) is 20.8 Å². The lowest BCUT2D eigenvalue weighted by atomic mass is 9.92. The Balaban J connectivity index is 0.00000225. The van der Waals surface area contributed by atoms with E-state index in [9.17, 15) is 9.90 Å². The Bertz CT molecular complexity index is 229. The number of carbonyl (C=O) groups is 1. The van der Waals surface area contributed by atoms with Crippen molar-refractivity contribution >= 4 is 18.3 Å². The van der Waals surface area contributed by atoms with Gasteiger partial charge in [-0.05, 0) is 18.3 Å². The second kappa shape index (κ2) is 6.42. The zero-order valence-electron chi connectivity index (χ0n) is 10.2. The number of β-amino-alcohol motifs (C(OH)–C–C–N with tert-alkyl or cyclic N) is 1. The number of hydrogen-bond acceptors (Lipinski definition) is 3. The van der Waals surface area contributed by atoms with Crippen LogP contribution >= 0.6 is 12.4 Å². The van der Waals surface area contributed by atoms with E-state index in [2.05, 4.69) is 31.4 Å². The molecule has 1 amide bonds. The van der Waals surface area contributed by atoms with Gasteiger partial charge in [0.05, 0.1) is 12.1 Å². The molecule has 2 unspecified atom stereocenters. The first-order valence-corrected chi connectivity index (χ1v) is 5.58. The molecule has 0 radical (unpaired) electrons. The van der Waals surface area contributed by atoms with E-state index in [0.717, 1.165) is 6.42 Å². The highest BCUT2D eigenvalue weighted by atomic mass is 35.5. The van der Waals surface area contributed by atoms with Gasteiger partial charge < -0.3 is 15.7 Å². The maximum Gasteiger partial charge on any atom is 0.237 e. The van der Waals surface area contributed by atoms with Crippen LogP contribution in [0, 0.1) is 5.41 Å². The predicted molar refractivity (Wildman–Crippen MR) is 66.7 cm³/mol. The van der Waals surface area contributed by atoms with Gasteiger partial charge in [0.15, 0.2) is 0 Å². The summed E-state index contributed by atoms with van der Waals surface area (Å²) in [7, 11) is 0. The van der Waals surface area contributed by atoms with Crippen molar-refractivity contribution in [3.8, 4) is 0 Å². The minimum atomic E-state index is -0.372. The Morgan fingerprint density at radius 1 is 1.50 bits per heavy atom. The van der Waals surface area contributed by atoms with Crippen molar-refractivity contribution in [2.75, 3.05) is 13.1 Å². The third-order valence-corrected chi connectivity index (χ3v) is 2.60. The Hall–Kier alpha value is -0.320. The van der Waals surface area contributed by atoms with E-state index in [0.29, 0.717) is 19.5 Å². The van der Waals surface area contributed by atoms with Crippen molar-refractivity contribution in [1.82, 2.24) is 10.6 Å². The first-order chi connectivity index (χ1) is 6.88. The summed E-state index contributed by atoms with van der Waals surface area (Å²) in [5, 5.41) is 15.1. The van der Waals surface area contributed by atoms with Crippen LogP contribution in [0.25, 0.3) is 0 Å². The van der Waals surface area contributed by atoms with Gasteiger partial charge in [-0.3, -0.25) is 4.79 Å². The molecule has 0 aromatic rings. The molecule has 0 spiro atoms. The summed E-state index contributed by atoms with van der Waals surface area (Å²) in [4.78, 5) is 11.6. The monoisotopic (exact) mass is 250 g/mol. The van der Waals surface area contributed by atoms with Crippen LogP contribution < -0.4 is 10.6 Å². The van der Waals surface area contributed by atoms with E-state index >= 15 is 0 Å². The van der Waals surface area contributed by atoms with Crippen LogP contribution in [0.4, 0.5) is 0 Å². The normalized spacial score (nSPS) is 25.0. The average Bonchev–Trinajstić information content (AvgIpc) is 2.49. The Labute approximate surface area is 104 Å². The molecule has 1 saturated heterocycles. The molecule has 0 aliphatic carbocycles. The highest BCUT2D eigenvalue weighted by Gasteiger charge is 2.27. The highest BCUT2D eigenvalue weighted by Crippen LogP contribution is 2.17. The number of rotatable bonds is 3. The van der Waals surface area contributed by atoms with Crippen molar-refractivity contribution in [2.45, 2.75) is 45.8 Å². The molecule has 2 atom stereocenters. The van der Waals surface area contributed by atoms with E-state index in [1.165, 1.54) is 0 Å². The van der Waals surface area contributed by atoms with Crippen LogP contribution in [-0.4, -0.2) is 36.2 Å². The standard InChI is InChI=1S/C11H22N2O2.ClH/c1-11(2,3)4-5-12-10(15)9-6-8(14)7-13-9;/h8-9,13-14H,4-7H2,1-3H3,(H,12,15);1H. The average molecular weight is 251 g/mol. The van der Waals surface area contributed by atoms with Gasteiger partial charge in [-0.25, -0.2) is 0 Å². The zero-order valence-corrected chi connectivity index (χ0v) is 11.1.